The molecule has 158 valence electrons. The van der Waals surface area contributed by atoms with E-state index >= 15 is 0 Å². The van der Waals surface area contributed by atoms with Gasteiger partial charge in [-0.05, 0) is 58.9 Å². The normalized spacial score (nSPS) is 22.6. The lowest BCUT2D eigenvalue weighted by atomic mass is 9.76. The van der Waals surface area contributed by atoms with Crippen LogP contribution in [-0.2, 0) is 9.59 Å². The van der Waals surface area contributed by atoms with Crippen LogP contribution in [0.5, 0.6) is 0 Å². The standard InChI is InChI=1S/C22H30N2O4S/c1-11-9-16(17(22(27)28)10-12(11)2)19(25)24-21-18(13(3)14(4)29-21)20(26)23-15-7-5-6-8-15/h15-17H,5-10H2,1-4H3,(H,23,26)(H,24,25)(H,27,28)/t16-,17-/m1/s1. The van der Waals surface area contributed by atoms with E-state index in [1.54, 1.807) is 0 Å². The summed E-state index contributed by atoms with van der Waals surface area (Å²) >= 11 is 1.38. The Kier molecular flexibility index (Phi) is 6.46. The third kappa shape index (κ3) is 4.55. The van der Waals surface area contributed by atoms with Gasteiger partial charge in [0.15, 0.2) is 0 Å². The Labute approximate surface area is 175 Å². The van der Waals surface area contributed by atoms with Crippen LogP contribution in [0.3, 0.4) is 0 Å². The third-order valence-corrected chi connectivity index (χ3v) is 7.58. The SMILES string of the molecule is CC1=C(C)C[C@@H](C(=O)Nc2sc(C)c(C)c2C(=O)NC2CCCC2)[C@H](C(=O)O)C1. The van der Waals surface area contributed by atoms with E-state index in [1.807, 2.05) is 27.7 Å². The number of nitrogens with one attached hydrogen (secondary N) is 2. The van der Waals surface area contributed by atoms with Crippen LogP contribution in [-0.4, -0.2) is 28.9 Å². The van der Waals surface area contributed by atoms with Gasteiger partial charge < -0.3 is 15.7 Å². The Morgan fingerprint density at radius 1 is 0.966 bits per heavy atom. The number of amides is 2. The van der Waals surface area contributed by atoms with Crippen molar-refractivity contribution in [1.82, 2.24) is 5.32 Å². The predicted molar refractivity (Wildman–Crippen MR) is 114 cm³/mol. The van der Waals surface area contributed by atoms with Crippen molar-refractivity contribution < 1.29 is 19.5 Å². The molecule has 7 heteroatoms. The number of carbonyl (C=O) groups is 3. The number of hydrogen-bond acceptors (Lipinski definition) is 4. The van der Waals surface area contributed by atoms with Gasteiger partial charge in [0.1, 0.15) is 5.00 Å². The second-order valence-corrected chi connectivity index (χ2v) is 9.68. The summed E-state index contributed by atoms with van der Waals surface area (Å²) in [7, 11) is 0. The number of carboxylic acid groups (broad SMARTS) is 1. The first-order valence-corrected chi connectivity index (χ1v) is 11.1. The van der Waals surface area contributed by atoms with Crippen molar-refractivity contribution in [2.24, 2.45) is 11.8 Å². The highest BCUT2D eigenvalue weighted by Gasteiger charge is 2.38. The Morgan fingerprint density at radius 3 is 2.14 bits per heavy atom. The summed E-state index contributed by atoms with van der Waals surface area (Å²) in [5.74, 6) is -2.80. The maximum atomic E-state index is 13.1. The number of thiophene rings is 1. The number of carboxylic acids is 1. The van der Waals surface area contributed by atoms with Gasteiger partial charge in [-0.25, -0.2) is 0 Å². The lowest BCUT2D eigenvalue weighted by Crippen LogP contribution is -2.37. The lowest BCUT2D eigenvalue weighted by Gasteiger charge is -2.29. The molecule has 2 amide bonds. The number of allylic oxidation sites excluding steroid dienone is 2. The molecule has 0 aromatic carbocycles. The van der Waals surface area contributed by atoms with E-state index < -0.39 is 17.8 Å². The molecule has 0 unspecified atom stereocenters. The summed E-state index contributed by atoms with van der Waals surface area (Å²) in [6.45, 7) is 7.70. The van der Waals surface area contributed by atoms with Crippen LogP contribution in [0.15, 0.2) is 11.1 Å². The fourth-order valence-corrected chi connectivity index (χ4v) is 5.41. The fraction of sp³-hybridized carbons (Fsp3) is 0.591. The Balaban J connectivity index is 1.82. The van der Waals surface area contributed by atoms with E-state index in [-0.39, 0.29) is 17.9 Å². The molecular formula is C22H30N2O4S. The molecule has 3 rings (SSSR count). The number of aliphatic carboxylic acids is 1. The van der Waals surface area contributed by atoms with Crippen molar-refractivity contribution in [3.05, 3.63) is 27.2 Å². The monoisotopic (exact) mass is 418 g/mol. The summed E-state index contributed by atoms with van der Waals surface area (Å²) in [6, 6.07) is 0.191. The Morgan fingerprint density at radius 2 is 1.55 bits per heavy atom. The van der Waals surface area contributed by atoms with Gasteiger partial charge in [0.25, 0.3) is 5.91 Å². The van der Waals surface area contributed by atoms with Gasteiger partial charge in [0.2, 0.25) is 5.91 Å². The number of anilines is 1. The quantitative estimate of drug-likeness (QED) is 0.617. The molecule has 1 aromatic rings. The predicted octanol–water partition coefficient (Wildman–Crippen LogP) is 4.42. The molecule has 6 nitrogen and oxygen atoms in total. The van der Waals surface area contributed by atoms with E-state index in [4.69, 9.17) is 0 Å². The first kappa shape index (κ1) is 21.6. The number of carbonyl (C=O) groups excluding carboxylic acids is 2. The lowest BCUT2D eigenvalue weighted by molar-refractivity contribution is -0.146. The molecule has 0 radical (unpaired) electrons. The summed E-state index contributed by atoms with van der Waals surface area (Å²) in [5, 5.41) is 16.1. The molecule has 0 spiro atoms. The highest BCUT2D eigenvalue weighted by molar-refractivity contribution is 7.16. The molecule has 2 aliphatic rings. The van der Waals surface area contributed by atoms with Gasteiger partial charge in [-0.3, -0.25) is 14.4 Å². The molecule has 29 heavy (non-hydrogen) atoms. The minimum absolute atomic E-state index is 0.153. The largest absolute Gasteiger partial charge is 0.481 e. The Bertz CT molecular complexity index is 864. The molecule has 2 aliphatic carbocycles. The minimum atomic E-state index is -0.949. The Hall–Kier alpha value is -2.15. The van der Waals surface area contributed by atoms with Gasteiger partial charge in [-0.2, -0.15) is 0 Å². The van der Waals surface area contributed by atoms with Gasteiger partial charge >= 0.3 is 5.97 Å². The molecule has 1 saturated carbocycles. The van der Waals surface area contributed by atoms with Gasteiger partial charge in [0, 0.05) is 10.9 Å². The van der Waals surface area contributed by atoms with E-state index in [0.29, 0.717) is 23.4 Å². The summed E-state index contributed by atoms with van der Waals surface area (Å²) in [6.07, 6.45) is 5.05. The van der Waals surface area contributed by atoms with Crippen LogP contribution in [0.2, 0.25) is 0 Å². The first-order valence-electron chi connectivity index (χ1n) is 10.3. The molecule has 1 aromatic heterocycles. The summed E-state index contributed by atoms with van der Waals surface area (Å²) in [4.78, 5) is 38.7. The number of hydrogen-bond donors (Lipinski definition) is 3. The van der Waals surface area contributed by atoms with Crippen molar-refractivity contribution in [2.45, 2.75) is 72.3 Å². The van der Waals surface area contributed by atoms with E-state index in [2.05, 4.69) is 10.6 Å². The van der Waals surface area contributed by atoms with Crippen molar-refractivity contribution in [3.8, 4) is 0 Å². The highest BCUT2D eigenvalue weighted by Crippen LogP contribution is 2.37. The second-order valence-electron chi connectivity index (χ2n) is 8.45. The minimum Gasteiger partial charge on any atom is -0.481 e. The van der Waals surface area contributed by atoms with Crippen molar-refractivity contribution in [2.75, 3.05) is 5.32 Å². The van der Waals surface area contributed by atoms with E-state index in [9.17, 15) is 19.5 Å². The van der Waals surface area contributed by atoms with E-state index in [0.717, 1.165) is 47.3 Å². The smallest absolute Gasteiger partial charge is 0.307 e. The molecule has 0 saturated heterocycles. The van der Waals surface area contributed by atoms with Crippen molar-refractivity contribution in [3.63, 3.8) is 0 Å². The molecule has 2 atom stereocenters. The highest BCUT2D eigenvalue weighted by atomic mass is 32.1. The van der Waals surface area contributed by atoms with Crippen molar-refractivity contribution in [1.29, 1.82) is 0 Å². The summed E-state index contributed by atoms with van der Waals surface area (Å²) < 4.78 is 0. The zero-order valence-corrected chi connectivity index (χ0v) is 18.4. The maximum Gasteiger partial charge on any atom is 0.307 e. The van der Waals surface area contributed by atoms with Crippen molar-refractivity contribution >= 4 is 34.1 Å². The molecular weight excluding hydrogens is 388 g/mol. The fourth-order valence-electron chi connectivity index (χ4n) is 4.35. The molecule has 3 N–H and O–H groups in total. The van der Waals surface area contributed by atoms with Gasteiger partial charge in [0.05, 0.1) is 17.4 Å². The van der Waals surface area contributed by atoms with Gasteiger partial charge in [-0.1, -0.05) is 24.0 Å². The first-order chi connectivity index (χ1) is 13.7. The molecule has 1 heterocycles. The van der Waals surface area contributed by atoms with Gasteiger partial charge in [-0.15, -0.1) is 11.3 Å². The average Bonchev–Trinajstić information content (AvgIpc) is 3.25. The molecule has 1 fully saturated rings. The van der Waals surface area contributed by atoms with Crippen LogP contribution in [0.4, 0.5) is 5.00 Å². The zero-order valence-electron chi connectivity index (χ0n) is 17.6. The average molecular weight is 419 g/mol. The maximum absolute atomic E-state index is 13.1. The number of rotatable bonds is 5. The third-order valence-electron chi connectivity index (χ3n) is 6.46. The second kappa shape index (κ2) is 8.69. The van der Waals surface area contributed by atoms with Crippen LogP contribution in [0.25, 0.3) is 0 Å². The molecule has 0 aliphatic heterocycles. The molecule has 0 bridgehead atoms. The van der Waals surface area contributed by atoms with Crippen LogP contribution >= 0.6 is 11.3 Å². The summed E-state index contributed by atoms with van der Waals surface area (Å²) in [5.41, 5.74) is 3.49. The van der Waals surface area contributed by atoms with E-state index in [1.165, 1.54) is 11.3 Å². The van der Waals surface area contributed by atoms with Crippen LogP contribution < -0.4 is 10.6 Å². The topological polar surface area (TPSA) is 95.5 Å². The number of aryl methyl sites for hydroxylation is 1. The van der Waals surface area contributed by atoms with Crippen LogP contribution in [0.1, 0.15) is 73.2 Å². The van der Waals surface area contributed by atoms with Crippen LogP contribution in [0, 0.1) is 25.7 Å². The zero-order chi connectivity index (χ0) is 21.3.